The van der Waals surface area contributed by atoms with E-state index in [-0.39, 0.29) is 12.3 Å². The van der Waals surface area contributed by atoms with Crippen LogP contribution in [-0.2, 0) is 24.7 Å². The third-order valence-electron chi connectivity index (χ3n) is 4.16. The van der Waals surface area contributed by atoms with Crippen LogP contribution in [0.2, 0.25) is 0 Å². The third kappa shape index (κ3) is 4.72. The van der Waals surface area contributed by atoms with Crippen LogP contribution < -0.4 is 10.1 Å². The Labute approximate surface area is 157 Å². The molecule has 0 radical (unpaired) electrons. The number of rotatable bonds is 8. The molecule has 2 aromatic heterocycles. The topological polar surface area (TPSA) is 95.1 Å². The lowest BCUT2D eigenvalue weighted by Gasteiger charge is -2.08. The van der Waals surface area contributed by atoms with Gasteiger partial charge >= 0.3 is 0 Å². The standard InChI is InChI=1S/C19H23N5O3/c1-13-12-15(24(2)23-13)19-22-21-18(27-19)9-8-17(25)20-11-10-14-6-4-5-7-16(14)26-3/h4-7,12H,8-11H2,1-3H3,(H,20,25). The van der Waals surface area contributed by atoms with Gasteiger partial charge in [0.25, 0.3) is 5.89 Å². The van der Waals surface area contributed by atoms with E-state index < -0.39 is 0 Å². The molecule has 142 valence electrons. The van der Waals surface area contributed by atoms with Gasteiger partial charge < -0.3 is 14.5 Å². The van der Waals surface area contributed by atoms with Crippen molar-refractivity contribution < 1.29 is 13.9 Å². The maximum atomic E-state index is 12.0. The van der Waals surface area contributed by atoms with E-state index in [4.69, 9.17) is 9.15 Å². The molecule has 2 heterocycles. The van der Waals surface area contributed by atoms with Crippen molar-refractivity contribution in [2.45, 2.75) is 26.2 Å². The number of nitrogens with one attached hydrogen (secondary N) is 1. The molecule has 0 fully saturated rings. The average molecular weight is 369 g/mol. The summed E-state index contributed by atoms with van der Waals surface area (Å²) in [6.07, 6.45) is 1.39. The summed E-state index contributed by atoms with van der Waals surface area (Å²) in [5.41, 5.74) is 2.70. The van der Waals surface area contributed by atoms with Gasteiger partial charge in [0.2, 0.25) is 11.8 Å². The molecule has 3 aromatic rings. The molecule has 0 saturated heterocycles. The number of methoxy groups -OCH3 is 1. The first kappa shape index (κ1) is 18.6. The fourth-order valence-electron chi connectivity index (χ4n) is 2.82. The molecule has 0 unspecified atom stereocenters. The molecule has 0 atom stereocenters. The normalized spacial score (nSPS) is 10.8. The number of hydrogen-bond donors (Lipinski definition) is 1. The third-order valence-corrected chi connectivity index (χ3v) is 4.16. The smallest absolute Gasteiger partial charge is 0.265 e. The van der Waals surface area contributed by atoms with Gasteiger partial charge in [0.15, 0.2) is 0 Å². The van der Waals surface area contributed by atoms with Crippen molar-refractivity contribution in [3.8, 4) is 17.3 Å². The fraction of sp³-hybridized carbons (Fsp3) is 0.368. The Bertz CT molecular complexity index is 916. The number of nitrogens with zero attached hydrogens (tertiary/aromatic N) is 4. The summed E-state index contributed by atoms with van der Waals surface area (Å²) in [6, 6.07) is 9.66. The number of aryl methyl sites for hydroxylation is 3. The number of benzene rings is 1. The molecule has 0 saturated carbocycles. The van der Waals surface area contributed by atoms with E-state index >= 15 is 0 Å². The number of aromatic nitrogens is 4. The van der Waals surface area contributed by atoms with Gasteiger partial charge in [0.1, 0.15) is 11.4 Å². The Morgan fingerprint density at radius 3 is 2.81 bits per heavy atom. The molecule has 8 heteroatoms. The Morgan fingerprint density at radius 1 is 1.26 bits per heavy atom. The molecule has 0 aliphatic heterocycles. The van der Waals surface area contributed by atoms with Gasteiger partial charge in [-0.15, -0.1) is 10.2 Å². The molecule has 3 rings (SSSR count). The number of hydrogen-bond acceptors (Lipinski definition) is 6. The van der Waals surface area contributed by atoms with Crippen molar-refractivity contribution in [1.82, 2.24) is 25.3 Å². The van der Waals surface area contributed by atoms with E-state index in [1.54, 1.807) is 11.8 Å². The van der Waals surface area contributed by atoms with Gasteiger partial charge in [-0.1, -0.05) is 18.2 Å². The molecule has 0 bridgehead atoms. The summed E-state index contributed by atoms with van der Waals surface area (Å²) in [5.74, 6) is 1.62. The highest BCUT2D eigenvalue weighted by molar-refractivity contribution is 5.76. The van der Waals surface area contributed by atoms with Crippen LogP contribution in [0.3, 0.4) is 0 Å². The summed E-state index contributed by atoms with van der Waals surface area (Å²) >= 11 is 0. The SMILES string of the molecule is COc1ccccc1CCNC(=O)CCc1nnc(-c2cc(C)nn2C)o1. The van der Waals surface area contributed by atoms with E-state index in [0.717, 1.165) is 22.7 Å². The van der Waals surface area contributed by atoms with Crippen molar-refractivity contribution >= 4 is 5.91 Å². The van der Waals surface area contributed by atoms with Crippen LogP contribution in [0, 0.1) is 6.92 Å². The summed E-state index contributed by atoms with van der Waals surface area (Å²) in [7, 11) is 3.46. The predicted molar refractivity (Wildman–Crippen MR) is 99.3 cm³/mol. The van der Waals surface area contributed by atoms with Crippen LogP contribution in [0.4, 0.5) is 0 Å². The summed E-state index contributed by atoms with van der Waals surface area (Å²) < 4.78 is 12.6. The van der Waals surface area contributed by atoms with Gasteiger partial charge in [-0.05, 0) is 31.0 Å². The van der Waals surface area contributed by atoms with Crippen molar-refractivity contribution in [2.24, 2.45) is 7.05 Å². The van der Waals surface area contributed by atoms with Gasteiger partial charge in [0, 0.05) is 26.4 Å². The first-order valence-corrected chi connectivity index (χ1v) is 8.79. The number of carbonyl (C=O) groups is 1. The van der Waals surface area contributed by atoms with Gasteiger partial charge in [-0.25, -0.2) is 0 Å². The Hall–Kier alpha value is -3.16. The largest absolute Gasteiger partial charge is 0.496 e. The molecule has 0 aliphatic rings. The first-order valence-electron chi connectivity index (χ1n) is 8.79. The minimum absolute atomic E-state index is 0.0546. The lowest BCUT2D eigenvalue weighted by molar-refractivity contribution is -0.121. The molecule has 1 amide bonds. The Balaban J connectivity index is 1.46. The van der Waals surface area contributed by atoms with Crippen LogP contribution in [0.25, 0.3) is 11.6 Å². The minimum Gasteiger partial charge on any atom is -0.496 e. The fourth-order valence-corrected chi connectivity index (χ4v) is 2.82. The predicted octanol–water partition coefficient (Wildman–Crippen LogP) is 2.08. The zero-order chi connectivity index (χ0) is 19.2. The Morgan fingerprint density at radius 2 is 2.07 bits per heavy atom. The second-order valence-corrected chi connectivity index (χ2v) is 6.21. The lowest BCUT2D eigenvalue weighted by Crippen LogP contribution is -2.26. The van der Waals surface area contributed by atoms with Crippen molar-refractivity contribution in [3.05, 3.63) is 47.5 Å². The number of para-hydroxylation sites is 1. The molecule has 27 heavy (non-hydrogen) atoms. The highest BCUT2D eigenvalue weighted by atomic mass is 16.5. The van der Waals surface area contributed by atoms with Crippen LogP contribution in [0.5, 0.6) is 5.75 Å². The van der Waals surface area contributed by atoms with Crippen molar-refractivity contribution in [2.75, 3.05) is 13.7 Å². The lowest BCUT2D eigenvalue weighted by atomic mass is 10.1. The number of carbonyl (C=O) groups excluding carboxylic acids is 1. The second-order valence-electron chi connectivity index (χ2n) is 6.21. The van der Waals surface area contributed by atoms with E-state index in [9.17, 15) is 4.79 Å². The molecule has 8 nitrogen and oxygen atoms in total. The number of amides is 1. The maximum absolute atomic E-state index is 12.0. The monoisotopic (exact) mass is 369 g/mol. The zero-order valence-corrected chi connectivity index (χ0v) is 15.7. The Kier molecular flexibility index (Phi) is 5.85. The molecule has 0 aliphatic carbocycles. The van der Waals surface area contributed by atoms with E-state index in [1.807, 2.05) is 44.3 Å². The summed E-state index contributed by atoms with van der Waals surface area (Å²) in [4.78, 5) is 12.0. The molecule has 0 spiro atoms. The summed E-state index contributed by atoms with van der Waals surface area (Å²) in [5, 5.41) is 15.2. The van der Waals surface area contributed by atoms with Gasteiger partial charge in [0.05, 0.1) is 12.8 Å². The highest BCUT2D eigenvalue weighted by Crippen LogP contribution is 2.19. The van der Waals surface area contributed by atoms with E-state index in [0.29, 0.717) is 31.2 Å². The first-order chi connectivity index (χ1) is 13.1. The minimum atomic E-state index is -0.0546. The van der Waals surface area contributed by atoms with E-state index in [1.165, 1.54) is 0 Å². The summed E-state index contributed by atoms with van der Waals surface area (Å²) in [6.45, 7) is 2.44. The van der Waals surface area contributed by atoms with Crippen molar-refractivity contribution in [1.29, 1.82) is 0 Å². The maximum Gasteiger partial charge on any atom is 0.265 e. The van der Waals surface area contributed by atoms with Gasteiger partial charge in [-0.3, -0.25) is 9.48 Å². The van der Waals surface area contributed by atoms with Gasteiger partial charge in [-0.2, -0.15) is 5.10 Å². The van der Waals surface area contributed by atoms with Crippen molar-refractivity contribution in [3.63, 3.8) is 0 Å². The van der Waals surface area contributed by atoms with Crippen LogP contribution in [0.1, 0.15) is 23.6 Å². The van der Waals surface area contributed by atoms with Crippen LogP contribution >= 0.6 is 0 Å². The molecular formula is C19H23N5O3. The second kappa shape index (κ2) is 8.48. The average Bonchev–Trinajstić information content (AvgIpc) is 3.26. The van der Waals surface area contributed by atoms with E-state index in [2.05, 4.69) is 20.6 Å². The quantitative estimate of drug-likeness (QED) is 0.653. The highest BCUT2D eigenvalue weighted by Gasteiger charge is 2.14. The molecule has 1 N–H and O–H groups in total. The zero-order valence-electron chi connectivity index (χ0n) is 15.7. The number of ether oxygens (including phenoxy) is 1. The van der Waals surface area contributed by atoms with Crippen LogP contribution in [-0.4, -0.2) is 39.5 Å². The molecular weight excluding hydrogens is 346 g/mol. The molecule has 1 aromatic carbocycles. The van der Waals surface area contributed by atoms with Crippen LogP contribution in [0.15, 0.2) is 34.7 Å².